The van der Waals surface area contributed by atoms with Crippen LogP contribution in [-0.4, -0.2) is 36.8 Å². The minimum Gasteiger partial charge on any atom is -0.494 e. The van der Waals surface area contributed by atoms with Crippen molar-refractivity contribution in [3.8, 4) is 22.9 Å². The van der Waals surface area contributed by atoms with Gasteiger partial charge in [0.2, 0.25) is 11.6 Å². The summed E-state index contributed by atoms with van der Waals surface area (Å²) in [6, 6.07) is 7.37. The first-order chi connectivity index (χ1) is 10.2. The topological polar surface area (TPSA) is 70.5 Å². The van der Waals surface area contributed by atoms with Gasteiger partial charge in [-0.3, -0.25) is 0 Å². The van der Waals surface area contributed by atoms with Gasteiger partial charge in [-0.1, -0.05) is 0 Å². The Bertz CT molecular complexity index is 626. The standard InChI is InChI=1S/C15H16N2O4/c1-4-21-11-7-5-10(6-8-11)12-9-16-14(19-2)13(17-12)15(18)20-3/h5-9H,4H2,1-3H3. The first-order valence-corrected chi connectivity index (χ1v) is 6.42. The monoisotopic (exact) mass is 288 g/mol. The number of nitrogens with zero attached hydrogens (tertiary/aromatic N) is 2. The number of aromatic nitrogens is 2. The second kappa shape index (κ2) is 6.69. The van der Waals surface area contributed by atoms with Crippen molar-refractivity contribution in [1.82, 2.24) is 9.97 Å². The van der Waals surface area contributed by atoms with E-state index in [1.807, 2.05) is 31.2 Å². The summed E-state index contributed by atoms with van der Waals surface area (Å²) in [7, 11) is 2.71. The largest absolute Gasteiger partial charge is 0.494 e. The molecule has 21 heavy (non-hydrogen) atoms. The van der Waals surface area contributed by atoms with Gasteiger partial charge in [0.1, 0.15) is 5.75 Å². The van der Waals surface area contributed by atoms with Gasteiger partial charge in [0.25, 0.3) is 0 Å². The summed E-state index contributed by atoms with van der Waals surface area (Å²) in [5.41, 5.74) is 1.42. The van der Waals surface area contributed by atoms with Crippen molar-refractivity contribution in [2.24, 2.45) is 0 Å². The molecule has 2 rings (SSSR count). The van der Waals surface area contributed by atoms with Gasteiger partial charge in [-0.2, -0.15) is 0 Å². The zero-order valence-electron chi connectivity index (χ0n) is 12.1. The van der Waals surface area contributed by atoms with Crippen LogP contribution in [0, 0.1) is 0 Å². The van der Waals surface area contributed by atoms with Crippen molar-refractivity contribution >= 4 is 5.97 Å². The number of esters is 1. The molecule has 1 aromatic heterocycles. The Morgan fingerprint density at radius 3 is 2.48 bits per heavy atom. The number of rotatable bonds is 5. The molecule has 110 valence electrons. The molecular formula is C15H16N2O4. The second-order valence-corrected chi connectivity index (χ2v) is 4.06. The number of methoxy groups -OCH3 is 2. The maximum atomic E-state index is 11.7. The molecule has 0 spiro atoms. The van der Waals surface area contributed by atoms with E-state index < -0.39 is 5.97 Å². The van der Waals surface area contributed by atoms with Crippen molar-refractivity contribution < 1.29 is 19.0 Å². The summed E-state index contributed by atoms with van der Waals surface area (Å²) in [6.45, 7) is 2.53. The quantitative estimate of drug-likeness (QED) is 0.786. The third kappa shape index (κ3) is 3.28. The van der Waals surface area contributed by atoms with E-state index in [0.717, 1.165) is 11.3 Å². The van der Waals surface area contributed by atoms with Gasteiger partial charge in [0, 0.05) is 5.56 Å². The highest BCUT2D eigenvalue weighted by Crippen LogP contribution is 2.23. The Kier molecular flexibility index (Phi) is 4.71. The molecule has 0 aliphatic heterocycles. The lowest BCUT2D eigenvalue weighted by atomic mass is 10.1. The zero-order chi connectivity index (χ0) is 15.2. The third-order valence-electron chi connectivity index (χ3n) is 2.77. The Labute approximate surface area is 122 Å². The molecule has 0 radical (unpaired) electrons. The molecule has 0 fully saturated rings. The van der Waals surface area contributed by atoms with Gasteiger partial charge < -0.3 is 14.2 Å². The van der Waals surface area contributed by atoms with Crippen molar-refractivity contribution in [3.05, 3.63) is 36.2 Å². The van der Waals surface area contributed by atoms with E-state index in [4.69, 9.17) is 9.47 Å². The van der Waals surface area contributed by atoms with Crippen molar-refractivity contribution in [2.75, 3.05) is 20.8 Å². The van der Waals surface area contributed by atoms with Gasteiger partial charge in [0.15, 0.2) is 0 Å². The van der Waals surface area contributed by atoms with Crippen LogP contribution in [0.5, 0.6) is 11.6 Å². The van der Waals surface area contributed by atoms with Crippen LogP contribution in [0.2, 0.25) is 0 Å². The van der Waals surface area contributed by atoms with E-state index >= 15 is 0 Å². The molecule has 0 saturated heterocycles. The summed E-state index contributed by atoms with van der Waals surface area (Å²) >= 11 is 0. The van der Waals surface area contributed by atoms with Gasteiger partial charge in [0.05, 0.1) is 32.7 Å². The molecule has 0 unspecified atom stereocenters. The van der Waals surface area contributed by atoms with Crippen molar-refractivity contribution in [3.63, 3.8) is 0 Å². The molecule has 6 heteroatoms. The van der Waals surface area contributed by atoms with Crippen molar-refractivity contribution in [2.45, 2.75) is 6.92 Å². The van der Waals surface area contributed by atoms with Crippen LogP contribution in [0.4, 0.5) is 0 Å². The van der Waals surface area contributed by atoms with Gasteiger partial charge >= 0.3 is 5.97 Å². The summed E-state index contributed by atoms with van der Waals surface area (Å²) in [5.74, 6) is 0.319. The minimum absolute atomic E-state index is 0.0476. The molecule has 6 nitrogen and oxygen atoms in total. The highest BCUT2D eigenvalue weighted by molar-refractivity contribution is 5.90. The molecule has 0 bridgehead atoms. The number of carbonyl (C=O) groups is 1. The average molecular weight is 288 g/mol. The minimum atomic E-state index is -0.591. The number of ether oxygens (including phenoxy) is 3. The number of carbonyl (C=O) groups excluding carboxylic acids is 1. The SMILES string of the molecule is CCOc1ccc(-c2cnc(OC)c(C(=O)OC)n2)cc1. The zero-order valence-corrected chi connectivity index (χ0v) is 12.1. The van der Waals surface area contributed by atoms with Gasteiger partial charge in [-0.05, 0) is 31.2 Å². The van der Waals surface area contributed by atoms with Crippen LogP contribution in [0.25, 0.3) is 11.3 Å². The van der Waals surface area contributed by atoms with Crippen LogP contribution in [-0.2, 0) is 4.74 Å². The predicted octanol–water partition coefficient (Wildman–Crippen LogP) is 2.34. The Hall–Kier alpha value is -2.63. The summed E-state index contributed by atoms with van der Waals surface area (Å²) in [5, 5.41) is 0. The molecule has 0 aliphatic rings. The summed E-state index contributed by atoms with van der Waals surface area (Å²) < 4.78 is 15.1. The van der Waals surface area contributed by atoms with E-state index in [2.05, 4.69) is 14.7 Å². The van der Waals surface area contributed by atoms with Crippen LogP contribution in [0.3, 0.4) is 0 Å². The molecule has 0 amide bonds. The van der Waals surface area contributed by atoms with Crippen LogP contribution in [0.15, 0.2) is 30.5 Å². The van der Waals surface area contributed by atoms with E-state index in [-0.39, 0.29) is 11.6 Å². The van der Waals surface area contributed by atoms with Crippen molar-refractivity contribution in [1.29, 1.82) is 0 Å². The average Bonchev–Trinajstić information content (AvgIpc) is 2.54. The molecular weight excluding hydrogens is 272 g/mol. The highest BCUT2D eigenvalue weighted by Gasteiger charge is 2.17. The fourth-order valence-corrected chi connectivity index (χ4v) is 1.78. The fourth-order valence-electron chi connectivity index (χ4n) is 1.78. The number of hydrogen-bond donors (Lipinski definition) is 0. The van der Waals surface area contributed by atoms with E-state index in [0.29, 0.717) is 12.3 Å². The molecule has 1 aromatic carbocycles. The van der Waals surface area contributed by atoms with Gasteiger partial charge in [-0.15, -0.1) is 0 Å². The molecule has 1 heterocycles. The van der Waals surface area contributed by atoms with E-state index in [9.17, 15) is 4.79 Å². The van der Waals surface area contributed by atoms with E-state index in [1.54, 1.807) is 6.20 Å². The first kappa shape index (κ1) is 14.8. The summed E-state index contributed by atoms with van der Waals surface area (Å²) in [4.78, 5) is 20.0. The Balaban J connectivity index is 2.37. The highest BCUT2D eigenvalue weighted by atomic mass is 16.5. The molecule has 0 saturated carbocycles. The van der Waals surface area contributed by atoms with Crippen LogP contribution >= 0.6 is 0 Å². The maximum Gasteiger partial charge on any atom is 0.362 e. The Morgan fingerprint density at radius 2 is 1.90 bits per heavy atom. The molecule has 0 atom stereocenters. The Morgan fingerprint density at radius 1 is 1.19 bits per heavy atom. The van der Waals surface area contributed by atoms with Crippen LogP contribution in [0.1, 0.15) is 17.4 Å². The molecule has 2 aromatic rings. The number of hydrogen-bond acceptors (Lipinski definition) is 6. The van der Waals surface area contributed by atoms with Gasteiger partial charge in [-0.25, -0.2) is 14.8 Å². The smallest absolute Gasteiger partial charge is 0.362 e. The molecule has 0 aliphatic carbocycles. The number of benzene rings is 1. The lowest BCUT2D eigenvalue weighted by molar-refractivity contribution is 0.0589. The second-order valence-electron chi connectivity index (χ2n) is 4.06. The maximum absolute atomic E-state index is 11.7. The fraction of sp³-hybridized carbons (Fsp3) is 0.267. The molecule has 0 N–H and O–H groups in total. The predicted molar refractivity (Wildman–Crippen MR) is 76.5 cm³/mol. The van der Waals surface area contributed by atoms with Crippen LogP contribution < -0.4 is 9.47 Å². The lowest BCUT2D eigenvalue weighted by Crippen LogP contribution is -2.09. The first-order valence-electron chi connectivity index (χ1n) is 6.42. The lowest BCUT2D eigenvalue weighted by Gasteiger charge is -2.08. The normalized spacial score (nSPS) is 10.0. The summed E-state index contributed by atoms with van der Waals surface area (Å²) in [6.07, 6.45) is 1.54. The van der Waals surface area contributed by atoms with E-state index in [1.165, 1.54) is 14.2 Å². The third-order valence-corrected chi connectivity index (χ3v) is 2.77.